The number of nitrogens with zero attached hydrogens (tertiary/aromatic N) is 1. The fourth-order valence-electron chi connectivity index (χ4n) is 1.63. The molecule has 0 aliphatic carbocycles. The van der Waals surface area contributed by atoms with Crippen molar-refractivity contribution in [3.05, 3.63) is 0 Å². The summed E-state index contributed by atoms with van der Waals surface area (Å²) in [6.45, 7) is 3.93. The number of hydrogen-bond donors (Lipinski definition) is 1. The van der Waals surface area contributed by atoms with Crippen LogP contribution >= 0.6 is 0 Å². The van der Waals surface area contributed by atoms with Crippen molar-refractivity contribution in [1.82, 2.24) is 0 Å². The second-order valence-electron chi connectivity index (χ2n) is 2.94. The minimum absolute atomic E-state index is 0.189. The maximum atomic E-state index is 9.33. The van der Waals surface area contributed by atoms with Crippen LogP contribution in [0.3, 0.4) is 0 Å². The highest BCUT2D eigenvalue weighted by molar-refractivity contribution is 5.21. The summed E-state index contributed by atoms with van der Waals surface area (Å²) >= 11 is 0. The molecule has 0 radical (unpaired) electrons. The molecule has 1 N–H and O–H groups in total. The molecule has 2 heterocycles. The van der Waals surface area contributed by atoms with Crippen LogP contribution < -0.4 is 0 Å². The first-order valence-electron chi connectivity index (χ1n) is 3.86. The maximum Gasteiger partial charge on any atom is 0.179 e. The van der Waals surface area contributed by atoms with E-state index < -0.39 is 6.10 Å². The van der Waals surface area contributed by atoms with Gasteiger partial charge in [-0.1, -0.05) is 0 Å². The van der Waals surface area contributed by atoms with E-state index in [1.54, 1.807) is 0 Å². The van der Waals surface area contributed by atoms with E-state index in [2.05, 4.69) is 11.9 Å². The third-order valence-electron chi connectivity index (χ3n) is 2.19. The van der Waals surface area contributed by atoms with Crippen LogP contribution in [0.5, 0.6) is 0 Å². The van der Waals surface area contributed by atoms with E-state index in [-0.39, 0.29) is 18.3 Å². The van der Waals surface area contributed by atoms with Gasteiger partial charge in [-0.3, -0.25) is 0 Å². The minimum atomic E-state index is -0.534. The molecule has 0 aromatic heterocycles. The van der Waals surface area contributed by atoms with Gasteiger partial charge in [0, 0.05) is 6.72 Å². The Labute approximate surface area is 69.9 Å². The molecule has 0 aromatic rings. The van der Waals surface area contributed by atoms with Gasteiger partial charge in [0.05, 0.1) is 13.2 Å². The molecule has 68 valence electrons. The van der Waals surface area contributed by atoms with Crippen LogP contribution in [0.25, 0.3) is 0 Å². The highest BCUT2D eigenvalue weighted by Gasteiger charge is 2.48. The van der Waals surface area contributed by atoms with Crippen molar-refractivity contribution in [2.24, 2.45) is 5.16 Å². The van der Waals surface area contributed by atoms with Crippen molar-refractivity contribution in [2.75, 3.05) is 13.2 Å². The zero-order valence-electron chi connectivity index (χ0n) is 6.55. The molecule has 2 rings (SSSR count). The molecular weight excluding hydrogens is 162 g/mol. The lowest BCUT2D eigenvalue weighted by molar-refractivity contribution is -0.0343. The Hall–Kier alpha value is -0.650. The van der Waals surface area contributed by atoms with Gasteiger partial charge in [-0.15, -0.1) is 5.16 Å². The van der Waals surface area contributed by atoms with Crippen LogP contribution in [-0.2, 0) is 14.3 Å². The van der Waals surface area contributed by atoms with Crippen LogP contribution in [0, 0.1) is 0 Å². The smallest absolute Gasteiger partial charge is 0.179 e. The third kappa shape index (κ3) is 1.10. The second-order valence-corrected chi connectivity index (χ2v) is 2.94. The number of aliphatic hydroxyl groups excluding tert-OH is 1. The lowest BCUT2D eigenvalue weighted by atomic mass is 10.1. The van der Waals surface area contributed by atoms with Crippen LogP contribution in [0.4, 0.5) is 0 Å². The molecule has 2 aliphatic heterocycles. The number of rotatable bonds is 2. The SMILES string of the molecule is C=NOC1COC2C(O)COC12. The van der Waals surface area contributed by atoms with Gasteiger partial charge in [0.25, 0.3) is 0 Å². The van der Waals surface area contributed by atoms with Crippen molar-refractivity contribution in [2.45, 2.75) is 24.4 Å². The predicted octanol–water partition coefficient (Wildman–Crippen LogP) is -0.854. The first kappa shape index (κ1) is 7.97. The summed E-state index contributed by atoms with van der Waals surface area (Å²) in [6, 6.07) is 0. The number of aliphatic hydroxyl groups is 1. The molecule has 0 saturated carbocycles. The quantitative estimate of drug-likeness (QED) is 0.436. The zero-order chi connectivity index (χ0) is 8.55. The molecule has 0 bridgehead atoms. The van der Waals surface area contributed by atoms with Gasteiger partial charge in [0.15, 0.2) is 6.10 Å². The Bertz CT molecular complexity index is 186. The molecular formula is C7H11NO4. The average Bonchev–Trinajstić information content (AvgIpc) is 2.58. The largest absolute Gasteiger partial charge is 0.388 e. The van der Waals surface area contributed by atoms with Crippen molar-refractivity contribution in [3.63, 3.8) is 0 Å². The maximum absolute atomic E-state index is 9.33. The van der Waals surface area contributed by atoms with E-state index in [1.807, 2.05) is 0 Å². The molecule has 0 aromatic carbocycles. The minimum Gasteiger partial charge on any atom is -0.388 e. The topological polar surface area (TPSA) is 60.3 Å². The first-order chi connectivity index (χ1) is 5.83. The van der Waals surface area contributed by atoms with E-state index in [1.165, 1.54) is 0 Å². The normalized spacial score (nSPS) is 45.8. The Kier molecular flexibility index (Phi) is 2.00. The molecule has 2 fully saturated rings. The molecule has 5 heteroatoms. The third-order valence-corrected chi connectivity index (χ3v) is 2.19. The Morgan fingerprint density at radius 2 is 2.08 bits per heavy atom. The van der Waals surface area contributed by atoms with E-state index in [4.69, 9.17) is 14.3 Å². The Balaban J connectivity index is 2.00. The molecule has 4 unspecified atom stereocenters. The fourth-order valence-corrected chi connectivity index (χ4v) is 1.63. The second kappa shape index (κ2) is 3.01. The average molecular weight is 173 g/mol. The lowest BCUT2D eigenvalue weighted by Gasteiger charge is -2.12. The van der Waals surface area contributed by atoms with Gasteiger partial charge in [0.1, 0.15) is 18.3 Å². The number of hydrogen-bond acceptors (Lipinski definition) is 5. The van der Waals surface area contributed by atoms with Crippen molar-refractivity contribution in [1.29, 1.82) is 0 Å². The summed E-state index contributed by atoms with van der Waals surface area (Å²) in [5, 5.41) is 12.6. The van der Waals surface area contributed by atoms with E-state index >= 15 is 0 Å². The van der Waals surface area contributed by atoms with Crippen LogP contribution in [0.15, 0.2) is 5.16 Å². The molecule has 2 aliphatic rings. The van der Waals surface area contributed by atoms with Crippen molar-refractivity contribution >= 4 is 6.72 Å². The van der Waals surface area contributed by atoms with Gasteiger partial charge in [-0.05, 0) is 0 Å². The summed E-state index contributed by atoms with van der Waals surface area (Å²) in [5.74, 6) is 0. The summed E-state index contributed by atoms with van der Waals surface area (Å²) in [5.41, 5.74) is 0. The highest BCUT2D eigenvalue weighted by atomic mass is 16.7. The molecule has 5 nitrogen and oxygen atoms in total. The Morgan fingerprint density at radius 3 is 2.83 bits per heavy atom. The number of ether oxygens (including phenoxy) is 2. The number of fused-ring (bicyclic) bond motifs is 1. The van der Waals surface area contributed by atoms with Crippen LogP contribution in [0.2, 0.25) is 0 Å². The molecule has 2 saturated heterocycles. The highest BCUT2D eigenvalue weighted by Crippen LogP contribution is 2.28. The Morgan fingerprint density at radius 1 is 1.33 bits per heavy atom. The zero-order valence-corrected chi connectivity index (χ0v) is 6.55. The predicted molar refractivity (Wildman–Crippen MR) is 39.9 cm³/mol. The standard InChI is InChI=1S/C7H11NO4/c1-8-12-5-3-11-6-4(9)2-10-7(5)6/h4-7,9H,1-3H2. The van der Waals surface area contributed by atoms with Crippen molar-refractivity contribution < 1.29 is 19.4 Å². The summed E-state index contributed by atoms with van der Waals surface area (Å²) in [7, 11) is 0. The molecule has 0 amide bonds. The summed E-state index contributed by atoms with van der Waals surface area (Å²) in [6.07, 6.45) is -1.19. The first-order valence-corrected chi connectivity index (χ1v) is 3.86. The molecule has 0 spiro atoms. The molecule has 4 atom stereocenters. The lowest BCUT2D eigenvalue weighted by Crippen LogP contribution is -2.31. The number of oxime groups is 1. The van der Waals surface area contributed by atoms with Gasteiger partial charge in [-0.25, -0.2) is 0 Å². The van der Waals surface area contributed by atoms with Crippen molar-refractivity contribution in [3.8, 4) is 0 Å². The van der Waals surface area contributed by atoms with Crippen LogP contribution in [0.1, 0.15) is 0 Å². The summed E-state index contributed by atoms with van der Waals surface area (Å²) < 4.78 is 10.5. The molecule has 12 heavy (non-hydrogen) atoms. The monoisotopic (exact) mass is 173 g/mol. The van der Waals surface area contributed by atoms with Gasteiger partial charge in [-0.2, -0.15) is 0 Å². The van der Waals surface area contributed by atoms with E-state index in [9.17, 15) is 5.11 Å². The fraction of sp³-hybridized carbons (Fsp3) is 0.857. The van der Waals surface area contributed by atoms with Gasteiger partial charge in [0.2, 0.25) is 0 Å². The van der Waals surface area contributed by atoms with E-state index in [0.29, 0.717) is 13.2 Å². The van der Waals surface area contributed by atoms with Crippen LogP contribution in [-0.4, -0.2) is 49.5 Å². The summed E-state index contributed by atoms with van der Waals surface area (Å²) in [4.78, 5) is 4.92. The van der Waals surface area contributed by atoms with Gasteiger partial charge >= 0.3 is 0 Å². The van der Waals surface area contributed by atoms with Gasteiger partial charge < -0.3 is 19.4 Å². The van der Waals surface area contributed by atoms with E-state index in [0.717, 1.165) is 0 Å².